The lowest BCUT2D eigenvalue weighted by Gasteiger charge is -2.01. The van der Waals surface area contributed by atoms with Crippen LogP contribution in [0.2, 0.25) is 0 Å². The number of phenols is 1. The van der Waals surface area contributed by atoms with E-state index in [9.17, 15) is 20.0 Å². The SMILES string of the molecule is N#Cc1cc(C(=O)CBr)cc(O)c1[N+](=O)[O-]. The Balaban J connectivity index is 3.45. The molecule has 0 aromatic heterocycles. The monoisotopic (exact) mass is 284 g/mol. The molecule has 1 rings (SSSR count). The summed E-state index contributed by atoms with van der Waals surface area (Å²) in [6, 6.07) is 3.63. The first-order valence-electron chi connectivity index (χ1n) is 4.02. The second-order valence-electron chi connectivity index (χ2n) is 2.82. The maximum atomic E-state index is 11.3. The molecule has 0 heterocycles. The Hall–Kier alpha value is -1.94. The zero-order valence-electron chi connectivity index (χ0n) is 7.81. The quantitative estimate of drug-likeness (QED) is 0.394. The lowest BCUT2D eigenvalue weighted by Crippen LogP contribution is -2.02. The van der Waals surface area contributed by atoms with Crippen molar-refractivity contribution in [2.45, 2.75) is 0 Å². The molecular weight excluding hydrogens is 280 g/mol. The van der Waals surface area contributed by atoms with E-state index in [0.717, 1.165) is 12.1 Å². The summed E-state index contributed by atoms with van der Waals surface area (Å²) in [6.45, 7) is 0. The van der Waals surface area contributed by atoms with E-state index in [-0.39, 0.29) is 22.2 Å². The number of alkyl halides is 1. The maximum absolute atomic E-state index is 11.3. The number of carbonyl (C=O) groups is 1. The molecule has 0 aliphatic carbocycles. The molecular formula is C9H5BrN2O4. The number of benzene rings is 1. The van der Waals surface area contributed by atoms with Gasteiger partial charge in [-0.15, -0.1) is 0 Å². The summed E-state index contributed by atoms with van der Waals surface area (Å²) in [6.07, 6.45) is 0. The second kappa shape index (κ2) is 4.72. The summed E-state index contributed by atoms with van der Waals surface area (Å²) in [5.41, 5.74) is -0.973. The first-order chi connectivity index (χ1) is 7.51. The predicted molar refractivity (Wildman–Crippen MR) is 57.6 cm³/mol. The third-order valence-electron chi connectivity index (χ3n) is 1.84. The van der Waals surface area contributed by atoms with Crippen molar-refractivity contribution in [2.75, 3.05) is 5.33 Å². The topological polar surface area (TPSA) is 104 Å². The molecule has 16 heavy (non-hydrogen) atoms. The summed E-state index contributed by atoms with van der Waals surface area (Å²) < 4.78 is 0. The van der Waals surface area contributed by atoms with Crippen molar-refractivity contribution >= 4 is 27.4 Å². The number of aromatic hydroxyl groups is 1. The predicted octanol–water partition coefficient (Wildman–Crippen LogP) is 1.75. The molecule has 82 valence electrons. The Labute approximate surface area is 98.4 Å². The molecule has 0 saturated carbocycles. The zero-order valence-corrected chi connectivity index (χ0v) is 9.39. The Kier molecular flexibility index (Phi) is 3.58. The van der Waals surface area contributed by atoms with Gasteiger partial charge in [0, 0.05) is 5.56 Å². The zero-order chi connectivity index (χ0) is 12.3. The van der Waals surface area contributed by atoms with Gasteiger partial charge in [-0.25, -0.2) is 0 Å². The molecule has 1 N–H and O–H groups in total. The number of ketones is 1. The van der Waals surface area contributed by atoms with Crippen LogP contribution in [0.15, 0.2) is 12.1 Å². The normalized spacial score (nSPS) is 9.50. The van der Waals surface area contributed by atoms with Crippen LogP contribution in [-0.2, 0) is 0 Å². The number of nitrogens with zero attached hydrogens (tertiary/aromatic N) is 2. The molecule has 0 fully saturated rings. The van der Waals surface area contributed by atoms with Crippen LogP contribution in [-0.4, -0.2) is 21.1 Å². The fourth-order valence-electron chi connectivity index (χ4n) is 1.13. The van der Waals surface area contributed by atoms with Gasteiger partial charge in [0.2, 0.25) is 0 Å². The van der Waals surface area contributed by atoms with Crippen LogP contribution >= 0.6 is 15.9 Å². The molecule has 0 radical (unpaired) electrons. The number of hydrogen-bond donors (Lipinski definition) is 1. The molecule has 1 aromatic rings. The van der Waals surface area contributed by atoms with E-state index in [1.54, 1.807) is 6.07 Å². The van der Waals surface area contributed by atoms with Crippen molar-refractivity contribution in [3.8, 4) is 11.8 Å². The summed E-state index contributed by atoms with van der Waals surface area (Å²) >= 11 is 2.92. The number of nitro benzene ring substituents is 1. The maximum Gasteiger partial charge on any atom is 0.328 e. The van der Waals surface area contributed by atoms with Crippen molar-refractivity contribution in [1.29, 1.82) is 5.26 Å². The van der Waals surface area contributed by atoms with Crippen molar-refractivity contribution in [3.63, 3.8) is 0 Å². The average Bonchev–Trinajstić information content (AvgIpc) is 2.26. The number of nitro groups is 1. The second-order valence-corrected chi connectivity index (χ2v) is 3.38. The van der Waals surface area contributed by atoms with Gasteiger partial charge in [-0.2, -0.15) is 5.26 Å². The minimum Gasteiger partial charge on any atom is -0.502 e. The Morgan fingerprint density at radius 2 is 2.25 bits per heavy atom. The van der Waals surface area contributed by atoms with Crippen LogP contribution in [0.5, 0.6) is 5.75 Å². The Morgan fingerprint density at radius 3 is 2.69 bits per heavy atom. The molecule has 1 aromatic carbocycles. The number of Topliss-reactive ketones (excluding diaryl/α,β-unsaturated/α-hetero) is 1. The molecule has 0 aliphatic rings. The van der Waals surface area contributed by atoms with Gasteiger partial charge in [-0.1, -0.05) is 15.9 Å². The third kappa shape index (κ3) is 2.17. The van der Waals surface area contributed by atoms with Crippen molar-refractivity contribution in [3.05, 3.63) is 33.4 Å². The van der Waals surface area contributed by atoms with Gasteiger partial charge in [-0.3, -0.25) is 14.9 Å². The smallest absolute Gasteiger partial charge is 0.328 e. The number of carbonyl (C=O) groups excluding carboxylic acids is 1. The highest BCUT2D eigenvalue weighted by atomic mass is 79.9. The summed E-state index contributed by atoms with van der Waals surface area (Å²) in [4.78, 5) is 21.0. The number of phenolic OH excluding ortho intramolecular Hbond substituents is 1. The fraction of sp³-hybridized carbons (Fsp3) is 0.111. The van der Waals surface area contributed by atoms with Crippen LogP contribution in [0.1, 0.15) is 15.9 Å². The average molecular weight is 285 g/mol. The van der Waals surface area contributed by atoms with Crippen LogP contribution in [0, 0.1) is 21.4 Å². The van der Waals surface area contributed by atoms with Crippen molar-refractivity contribution in [1.82, 2.24) is 0 Å². The molecule has 0 unspecified atom stereocenters. The van der Waals surface area contributed by atoms with E-state index >= 15 is 0 Å². The lowest BCUT2D eigenvalue weighted by molar-refractivity contribution is -0.386. The standard InChI is InChI=1S/C9H5BrN2O4/c10-3-8(14)5-1-6(4-11)9(12(15)16)7(13)2-5/h1-2,13H,3H2. The van der Waals surface area contributed by atoms with E-state index in [1.807, 2.05) is 0 Å². The highest BCUT2D eigenvalue weighted by Crippen LogP contribution is 2.31. The number of nitriles is 1. The molecule has 0 saturated heterocycles. The molecule has 0 atom stereocenters. The van der Waals surface area contributed by atoms with E-state index in [4.69, 9.17) is 5.26 Å². The summed E-state index contributed by atoms with van der Waals surface area (Å²) in [5.74, 6) is -1.06. The van der Waals surface area contributed by atoms with Gasteiger partial charge < -0.3 is 5.11 Å². The largest absolute Gasteiger partial charge is 0.502 e. The minimum atomic E-state index is -0.865. The highest BCUT2D eigenvalue weighted by Gasteiger charge is 2.22. The molecule has 0 amide bonds. The Bertz CT molecular complexity index is 507. The van der Waals surface area contributed by atoms with Gasteiger partial charge in [0.05, 0.1) is 10.3 Å². The molecule has 0 bridgehead atoms. The minimum absolute atomic E-state index is 0.00905. The van der Waals surface area contributed by atoms with E-state index in [1.165, 1.54) is 0 Å². The van der Waals surface area contributed by atoms with Crippen LogP contribution < -0.4 is 0 Å². The molecule has 6 nitrogen and oxygen atoms in total. The lowest BCUT2D eigenvalue weighted by atomic mass is 10.1. The first-order valence-corrected chi connectivity index (χ1v) is 5.14. The van der Waals surface area contributed by atoms with Gasteiger partial charge in [-0.05, 0) is 12.1 Å². The molecule has 7 heteroatoms. The van der Waals surface area contributed by atoms with Gasteiger partial charge in [0.15, 0.2) is 11.5 Å². The fourth-order valence-corrected chi connectivity index (χ4v) is 1.46. The molecule has 0 aliphatic heterocycles. The van der Waals surface area contributed by atoms with Gasteiger partial charge in [0.25, 0.3) is 0 Å². The number of hydrogen-bond acceptors (Lipinski definition) is 5. The highest BCUT2D eigenvalue weighted by molar-refractivity contribution is 9.09. The number of rotatable bonds is 3. The van der Waals surface area contributed by atoms with Gasteiger partial charge in [0.1, 0.15) is 11.6 Å². The van der Waals surface area contributed by atoms with E-state index in [0.29, 0.717) is 0 Å². The Morgan fingerprint density at radius 1 is 1.62 bits per heavy atom. The molecule has 0 spiro atoms. The van der Waals surface area contributed by atoms with Crippen LogP contribution in [0.4, 0.5) is 5.69 Å². The van der Waals surface area contributed by atoms with Gasteiger partial charge >= 0.3 is 5.69 Å². The van der Waals surface area contributed by atoms with E-state index < -0.39 is 16.4 Å². The van der Waals surface area contributed by atoms with Crippen LogP contribution in [0.3, 0.4) is 0 Å². The first kappa shape index (κ1) is 12.1. The summed E-state index contributed by atoms with van der Waals surface area (Å²) in [7, 11) is 0. The summed E-state index contributed by atoms with van der Waals surface area (Å²) in [5, 5.41) is 28.6. The van der Waals surface area contributed by atoms with Crippen LogP contribution in [0.25, 0.3) is 0 Å². The van der Waals surface area contributed by atoms with E-state index in [2.05, 4.69) is 15.9 Å². The number of halogens is 1. The third-order valence-corrected chi connectivity index (χ3v) is 2.35. The van der Waals surface area contributed by atoms with Crippen molar-refractivity contribution < 1.29 is 14.8 Å². The van der Waals surface area contributed by atoms with Crippen molar-refractivity contribution in [2.24, 2.45) is 0 Å².